The van der Waals surface area contributed by atoms with Gasteiger partial charge in [-0.25, -0.2) is 9.18 Å². The van der Waals surface area contributed by atoms with Gasteiger partial charge in [0.1, 0.15) is 6.26 Å². The molecule has 0 bridgehead atoms. The fourth-order valence-electron chi connectivity index (χ4n) is 1.43. The Bertz CT molecular complexity index is 592. The number of carbonyl (C=O) groups excluding carboxylic acids is 1. The predicted molar refractivity (Wildman–Crippen MR) is 57.1 cm³/mol. The van der Waals surface area contributed by atoms with Gasteiger partial charge in [0.05, 0.1) is 17.2 Å². The van der Waals surface area contributed by atoms with Crippen molar-refractivity contribution in [2.75, 3.05) is 6.61 Å². The smallest absolute Gasteiger partial charge is 0.341 e. The lowest BCUT2D eigenvalue weighted by molar-refractivity contribution is 0.0520. The van der Waals surface area contributed by atoms with Crippen LogP contribution in [-0.4, -0.2) is 12.6 Å². The SMILES string of the molecule is CCOC(=O)c1cc2c(Cl)coc2c(F)c1F. The Labute approximate surface area is 99.9 Å². The zero-order valence-corrected chi connectivity index (χ0v) is 9.48. The summed E-state index contributed by atoms with van der Waals surface area (Å²) >= 11 is 5.72. The van der Waals surface area contributed by atoms with Crippen LogP contribution in [-0.2, 0) is 4.74 Å². The summed E-state index contributed by atoms with van der Waals surface area (Å²) in [4.78, 5) is 11.4. The van der Waals surface area contributed by atoms with Crippen molar-refractivity contribution < 1.29 is 22.7 Å². The third-order valence-corrected chi connectivity index (χ3v) is 2.49. The standard InChI is InChI=1S/C11H7ClF2O3/c1-2-16-11(15)6-3-5-7(12)4-17-10(5)9(14)8(6)13/h3-4H,2H2,1H3. The van der Waals surface area contributed by atoms with Crippen molar-refractivity contribution in [3.8, 4) is 0 Å². The molecule has 0 aliphatic carbocycles. The van der Waals surface area contributed by atoms with Gasteiger partial charge >= 0.3 is 5.97 Å². The largest absolute Gasteiger partial charge is 0.462 e. The van der Waals surface area contributed by atoms with E-state index < -0.39 is 23.2 Å². The lowest BCUT2D eigenvalue weighted by Crippen LogP contribution is -2.08. The number of fused-ring (bicyclic) bond motifs is 1. The van der Waals surface area contributed by atoms with Gasteiger partial charge in [0.2, 0.25) is 5.82 Å². The van der Waals surface area contributed by atoms with Crippen molar-refractivity contribution in [1.29, 1.82) is 0 Å². The van der Waals surface area contributed by atoms with Crippen molar-refractivity contribution in [3.63, 3.8) is 0 Å². The van der Waals surface area contributed by atoms with Crippen LogP contribution in [0.2, 0.25) is 5.02 Å². The van der Waals surface area contributed by atoms with Crippen LogP contribution >= 0.6 is 11.6 Å². The zero-order chi connectivity index (χ0) is 12.6. The molecule has 0 amide bonds. The minimum Gasteiger partial charge on any atom is -0.462 e. The summed E-state index contributed by atoms with van der Waals surface area (Å²) in [6.45, 7) is 1.63. The van der Waals surface area contributed by atoms with Crippen molar-refractivity contribution in [2.24, 2.45) is 0 Å². The van der Waals surface area contributed by atoms with Gasteiger partial charge in [-0.15, -0.1) is 0 Å². The van der Waals surface area contributed by atoms with Crippen LogP contribution in [0.1, 0.15) is 17.3 Å². The van der Waals surface area contributed by atoms with Gasteiger partial charge in [0.25, 0.3) is 0 Å². The van der Waals surface area contributed by atoms with Crippen molar-refractivity contribution in [1.82, 2.24) is 0 Å². The molecule has 0 spiro atoms. The third kappa shape index (κ3) is 1.86. The van der Waals surface area contributed by atoms with Gasteiger partial charge in [-0.05, 0) is 13.0 Å². The van der Waals surface area contributed by atoms with Gasteiger partial charge in [0, 0.05) is 5.39 Å². The number of hydrogen-bond acceptors (Lipinski definition) is 3. The topological polar surface area (TPSA) is 39.4 Å². The van der Waals surface area contributed by atoms with Gasteiger partial charge in [0.15, 0.2) is 11.4 Å². The van der Waals surface area contributed by atoms with E-state index >= 15 is 0 Å². The normalized spacial score (nSPS) is 10.8. The first-order chi connectivity index (χ1) is 8.06. The third-order valence-electron chi connectivity index (χ3n) is 2.19. The van der Waals surface area contributed by atoms with Crippen molar-refractivity contribution in [3.05, 3.63) is 34.6 Å². The second-order valence-electron chi connectivity index (χ2n) is 3.23. The van der Waals surface area contributed by atoms with Crippen LogP contribution < -0.4 is 0 Å². The number of ether oxygens (including phenoxy) is 1. The fraction of sp³-hybridized carbons (Fsp3) is 0.182. The van der Waals surface area contributed by atoms with Gasteiger partial charge in [-0.3, -0.25) is 0 Å². The Morgan fingerprint density at radius 2 is 2.18 bits per heavy atom. The molecule has 2 aromatic rings. The number of rotatable bonds is 2. The molecule has 0 aliphatic heterocycles. The van der Waals surface area contributed by atoms with E-state index in [1.54, 1.807) is 6.92 Å². The average molecular weight is 261 g/mol. The molecule has 3 nitrogen and oxygen atoms in total. The molecule has 6 heteroatoms. The van der Waals surface area contributed by atoms with E-state index in [9.17, 15) is 13.6 Å². The van der Waals surface area contributed by atoms with E-state index in [0.29, 0.717) is 0 Å². The van der Waals surface area contributed by atoms with Crippen molar-refractivity contribution in [2.45, 2.75) is 6.92 Å². The summed E-state index contributed by atoms with van der Waals surface area (Å²) in [6, 6.07) is 1.11. The maximum absolute atomic E-state index is 13.5. The van der Waals surface area contributed by atoms with E-state index in [1.165, 1.54) is 0 Å². The molecule has 1 heterocycles. The molecule has 0 saturated carbocycles. The molecular weight excluding hydrogens is 254 g/mol. The molecule has 0 saturated heterocycles. The summed E-state index contributed by atoms with van der Waals surface area (Å²) in [6.07, 6.45) is 1.07. The first-order valence-corrected chi connectivity index (χ1v) is 5.15. The molecule has 1 aromatic heterocycles. The minimum absolute atomic E-state index is 0.0665. The molecule has 0 N–H and O–H groups in total. The molecule has 0 atom stereocenters. The fourth-order valence-corrected chi connectivity index (χ4v) is 1.62. The molecule has 17 heavy (non-hydrogen) atoms. The second kappa shape index (κ2) is 4.33. The van der Waals surface area contributed by atoms with E-state index in [2.05, 4.69) is 4.74 Å². The highest BCUT2D eigenvalue weighted by molar-refractivity contribution is 6.35. The number of halogens is 3. The average Bonchev–Trinajstić information content (AvgIpc) is 2.66. The van der Waals surface area contributed by atoms with Crippen LogP contribution in [0.15, 0.2) is 16.7 Å². The maximum atomic E-state index is 13.5. The van der Waals surface area contributed by atoms with Crippen LogP contribution in [0.25, 0.3) is 11.0 Å². The maximum Gasteiger partial charge on any atom is 0.341 e. The summed E-state index contributed by atoms with van der Waals surface area (Å²) in [5.41, 5.74) is -0.819. The molecular formula is C11H7ClF2O3. The summed E-state index contributed by atoms with van der Waals surface area (Å²) in [5.74, 6) is -3.50. The lowest BCUT2D eigenvalue weighted by atomic mass is 10.1. The van der Waals surface area contributed by atoms with Crippen LogP contribution in [0.4, 0.5) is 8.78 Å². The van der Waals surface area contributed by atoms with Crippen LogP contribution in [0.3, 0.4) is 0 Å². The Hall–Kier alpha value is -1.62. The highest BCUT2D eigenvalue weighted by Crippen LogP contribution is 2.31. The minimum atomic E-state index is -1.30. The molecule has 0 radical (unpaired) electrons. The van der Waals surface area contributed by atoms with Gasteiger partial charge < -0.3 is 9.15 Å². The monoisotopic (exact) mass is 260 g/mol. The predicted octanol–water partition coefficient (Wildman–Crippen LogP) is 3.54. The van der Waals surface area contributed by atoms with Crippen molar-refractivity contribution >= 4 is 28.5 Å². The quantitative estimate of drug-likeness (QED) is 0.775. The molecule has 2 rings (SSSR count). The van der Waals surface area contributed by atoms with Crippen LogP contribution in [0, 0.1) is 11.6 Å². The Kier molecular flexibility index (Phi) is 3.02. The molecule has 0 fully saturated rings. The number of hydrogen-bond donors (Lipinski definition) is 0. The van der Waals surface area contributed by atoms with E-state index in [-0.39, 0.29) is 22.6 Å². The first-order valence-electron chi connectivity index (χ1n) is 4.78. The second-order valence-corrected chi connectivity index (χ2v) is 3.64. The van der Waals surface area contributed by atoms with Gasteiger partial charge in [-0.1, -0.05) is 11.6 Å². The van der Waals surface area contributed by atoms with Crippen LogP contribution in [0.5, 0.6) is 0 Å². The van der Waals surface area contributed by atoms with Gasteiger partial charge in [-0.2, -0.15) is 4.39 Å². The highest BCUT2D eigenvalue weighted by atomic mass is 35.5. The number of furan rings is 1. The zero-order valence-electron chi connectivity index (χ0n) is 8.72. The first kappa shape index (κ1) is 11.9. The summed E-state index contributed by atoms with van der Waals surface area (Å²) < 4.78 is 36.4. The highest BCUT2D eigenvalue weighted by Gasteiger charge is 2.22. The van der Waals surface area contributed by atoms with E-state index in [0.717, 1.165) is 12.3 Å². The Morgan fingerprint density at radius 1 is 1.47 bits per heavy atom. The number of carbonyl (C=O) groups is 1. The summed E-state index contributed by atoms with van der Waals surface area (Å²) in [7, 11) is 0. The Morgan fingerprint density at radius 3 is 2.82 bits per heavy atom. The summed E-state index contributed by atoms with van der Waals surface area (Å²) in [5, 5.41) is 0.234. The lowest BCUT2D eigenvalue weighted by Gasteiger charge is -2.04. The van der Waals surface area contributed by atoms with E-state index in [4.69, 9.17) is 16.0 Å². The molecule has 0 unspecified atom stereocenters. The Balaban J connectivity index is 2.68. The molecule has 0 aliphatic rings. The van der Waals surface area contributed by atoms with E-state index in [1.807, 2.05) is 0 Å². The number of benzene rings is 1. The molecule has 1 aromatic carbocycles. The molecule has 90 valence electrons. The number of esters is 1.